The van der Waals surface area contributed by atoms with Gasteiger partial charge in [-0.3, -0.25) is 10.1 Å². The molecule has 2 rings (SSSR count). The van der Waals surface area contributed by atoms with Crippen LogP contribution < -0.4 is 5.32 Å². The Morgan fingerprint density at radius 3 is 2.90 bits per heavy atom. The molecule has 1 aromatic heterocycles. The van der Waals surface area contributed by atoms with Crippen molar-refractivity contribution in [1.29, 1.82) is 0 Å². The minimum atomic E-state index is -0.598. The highest BCUT2D eigenvalue weighted by molar-refractivity contribution is 5.83. The fourth-order valence-corrected chi connectivity index (χ4v) is 1.76. The Bertz CT molecular complexity index is 469. The fraction of sp³-hybridized carbons (Fsp3) is 0.636. The van der Waals surface area contributed by atoms with Gasteiger partial charge in [0.25, 0.3) is 0 Å². The second-order valence-corrected chi connectivity index (χ2v) is 4.14. The SMILES string of the molecule is CCOC(=O)Nc1cn(CC(=O)N2CCOCC2)nn1. The van der Waals surface area contributed by atoms with E-state index < -0.39 is 6.09 Å². The van der Waals surface area contributed by atoms with Crippen molar-refractivity contribution in [3.05, 3.63) is 6.20 Å². The number of hydrogen-bond acceptors (Lipinski definition) is 6. The normalized spacial score (nSPS) is 14.9. The number of rotatable bonds is 4. The lowest BCUT2D eigenvalue weighted by Crippen LogP contribution is -2.42. The Balaban J connectivity index is 1.85. The molecule has 0 bridgehead atoms. The summed E-state index contributed by atoms with van der Waals surface area (Å²) >= 11 is 0. The van der Waals surface area contributed by atoms with Crippen molar-refractivity contribution < 1.29 is 19.1 Å². The molecule has 2 heterocycles. The molecule has 20 heavy (non-hydrogen) atoms. The van der Waals surface area contributed by atoms with Crippen molar-refractivity contribution in [3.63, 3.8) is 0 Å². The first-order valence-electron chi connectivity index (χ1n) is 6.38. The molecule has 0 saturated carbocycles. The quantitative estimate of drug-likeness (QED) is 0.815. The third-order valence-electron chi connectivity index (χ3n) is 2.71. The number of hydrogen-bond donors (Lipinski definition) is 1. The topological polar surface area (TPSA) is 98.6 Å². The van der Waals surface area contributed by atoms with Gasteiger partial charge in [-0.2, -0.15) is 0 Å². The highest BCUT2D eigenvalue weighted by atomic mass is 16.5. The summed E-state index contributed by atoms with van der Waals surface area (Å²) in [5.74, 6) is 0.194. The van der Waals surface area contributed by atoms with E-state index in [0.717, 1.165) is 0 Å². The van der Waals surface area contributed by atoms with Crippen LogP contribution in [0.25, 0.3) is 0 Å². The molecule has 1 aromatic rings. The van der Waals surface area contributed by atoms with Gasteiger partial charge in [-0.1, -0.05) is 5.21 Å². The summed E-state index contributed by atoms with van der Waals surface area (Å²) in [5.41, 5.74) is 0. The van der Waals surface area contributed by atoms with E-state index >= 15 is 0 Å². The van der Waals surface area contributed by atoms with Gasteiger partial charge in [-0.05, 0) is 6.92 Å². The third kappa shape index (κ3) is 3.92. The molecule has 1 fully saturated rings. The van der Waals surface area contributed by atoms with E-state index in [-0.39, 0.29) is 24.9 Å². The molecule has 1 N–H and O–H groups in total. The van der Waals surface area contributed by atoms with Gasteiger partial charge in [-0.15, -0.1) is 5.10 Å². The van der Waals surface area contributed by atoms with Gasteiger partial charge in [0.05, 0.1) is 26.0 Å². The molecule has 1 saturated heterocycles. The lowest BCUT2D eigenvalue weighted by molar-refractivity contribution is -0.136. The molecule has 0 unspecified atom stereocenters. The maximum absolute atomic E-state index is 12.0. The van der Waals surface area contributed by atoms with Crippen LogP contribution in [0.3, 0.4) is 0 Å². The first kappa shape index (κ1) is 14.3. The first-order chi connectivity index (χ1) is 9.69. The van der Waals surface area contributed by atoms with E-state index in [1.54, 1.807) is 11.8 Å². The average molecular weight is 283 g/mol. The molecule has 0 aromatic carbocycles. The van der Waals surface area contributed by atoms with Gasteiger partial charge in [0.1, 0.15) is 6.54 Å². The summed E-state index contributed by atoms with van der Waals surface area (Å²) in [6.07, 6.45) is 0.883. The number of carbonyl (C=O) groups is 2. The van der Waals surface area contributed by atoms with Crippen LogP contribution >= 0.6 is 0 Å². The number of morpholine rings is 1. The number of aromatic nitrogens is 3. The van der Waals surface area contributed by atoms with E-state index in [9.17, 15) is 9.59 Å². The summed E-state index contributed by atoms with van der Waals surface area (Å²) in [4.78, 5) is 24.9. The summed E-state index contributed by atoms with van der Waals surface area (Å²) < 4.78 is 11.3. The van der Waals surface area contributed by atoms with E-state index in [1.807, 2.05) is 0 Å². The summed E-state index contributed by atoms with van der Waals surface area (Å²) in [7, 11) is 0. The Hall–Kier alpha value is -2.16. The summed E-state index contributed by atoms with van der Waals surface area (Å²) in [5, 5.41) is 9.94. The van der Waals surface area contributed by atoms with Crippen molar-refractivity contribution in [3.8, 4) is 0 Å². The Labute approximate surface area is 115 Å². The van der Waals surface area contributed by atoms with Gasteiger partial charge < -0.3 is 14.4 Å². The summed E-state index contributed by atoms with van der Waals surface area (Å²) in [6, 6.07) is 0. The zero-order valence-electron chi connectivity index (χ0n) is 11.2. The Kier molecular flexibility index (Phi) is 4.88. The number of amides is 2. The molecule has 2 amide bonds. The van der Waals surface area contributed by atoms with Crippen molar-refractivity contribution in [2.24, 2.45) is 0 Å². The molecular weight excluding hydrogens is 266 g/mol. The molecule has 0 spiro atoms. The van der Waals surface area contributed by atoms with E-state index in [0.29, 0.717) is 26.3 Å². The van der Waals surface area contributed by atoms with Gasteiger partial charge in [0.2, 0.25) is 5.91 Å². The minimum absolute atomic E-state index is 0.0547. The van der Waals surface area contributed by atoms with Crippen LogP contribution in [0.1, 0.15) is 6.92 Å². The van der Waals surface area contributed by atoms with Crippen LogP contribution in [0.2, 0.25) is 0 Å². The fourth-order valence-electron chi connectivity index (χ4n) is 1.76. The molecule has 1 aliphatic heterocycles. The van der Waals surface area contributed by atoms with E-state index in [1.165, 1.54) is 10.9 Å². The Morgan fingerprint density at radius 2 is 2.20 bits per heavy atom. The minimum Gasteiger partial charge on any atom is -0.450 e. The maximum atomic E-state index is 12.0. The summed E-state index contributed by atoms with van der Waals surface area (Å²) in [6.45, 7) is 4.34. The Morgan fingerprint density at radius 1 is 1.45 bits per heavy atom. The van der Waals surface area contributed by atoms with Gasteiger partial charge in [0, 0.05) is 13.1 Å². The van der Waals surface area contributed by atoms with Gasteiger partial charge in [-0.25, -0.2) is 9.48 Å². The average Bonchev–Trinajstić information content (AvgIpc) is 2.87. The lowest BCUT2D eigenvalue weighted by Gasteiger charge is -2.26. The molecule has 1 aliphatic rings. The second kappa shape index (κ2) is 6.85. The predicted molar refractivity (Wildman–Crippen MR) is 68.1 cm³/mol. The van der Waals surface area contributed by atoms with Crippen LogP contribution in [-0.2, 0) is 20.8 Å². The second-order valence-electron chi connectivity index (χ2n) is 4.14. The number of ether oxygens (including phenoxy) is 2. The standard InChI is InChI=1S/C11H17N5O4/c1-2-20-11(18)12-9-7-16(14-13-9)8-10(17)15-3-5-19-6-4-15/h7H,2-6,8H2,1H3,(H,12,18). The molecule has 0 atom stereocenters. The molecule has 9 heteroatoms. The van der Waals surface area contributed by atoms with Crippen LogP contribution in [0, 0.1) is 0 Å². The largest absolute Gasteiger partial charge is 0.450 e. The van der Waals surface area contributed by atoms with Gasteiger partial charge in [0.15, 0.2) is 5.82 Å². The number of nitrogens with one attached hydrogen (secondary N) is 1. The molecule has 110 valence electrons. The number of carbonyl (C=O) groups excluding carboxylic acids is 2. The first-order valence-corrected chi connectivity index (χ1v) is 6.38. The monoisotopic (exact) mass is 283 g/mol. The number of anilines is 1. The number of nitrogens with zero attached hydrogens (tertiary/aromatic N) is 4. The van der Waals surface area contributed by atoms with Crippen LogP contribution in [0.4, 0.5) is 10.6 Å². The molecule has 0 radical (unpaired) electrons. The molecular formula is C11H17N5O4. The third-order valence-corrected chi connectivity index (χ3v) is 2.71. The van der Waals surface area contributed by atoms with Crippen molar-refractivity contribution in [1.82, 2.24) is 19.9 Å². The van der Waals surface area contributed by atoms with E-state index in [2.05, 4.69) is 15.6 Å². The van der Waals surface area contributed by atoms with Crippen molar-refractivity contribution in [2.75, 3.05) is 38.2 Å². The lowest BCUT2D eigenvalue weighted by atomic mass is 10.4. The zero-order valence-corrected chi connectivity index (χ0v) is 11.2. The molecule has 0 aliphatic carbocycles. The van der Waals surface area contributed by atoms with Crippen molar-refractivity contribution in [2.45, 2.75) is 13.5 Å². The van der Waals surface area contributed by atoms with E-state index in [4.69, 9.17) is 9.47 Å². The predicted octanol–water partition coefficient (Wildman–Crippen LogP) is -0.295. The van der Waals surface area contributed by atoms with Crippen LogP contribution in [0.5, 0.6) is 0 Å². The molecule has 9 nitrogen and oxygen atoms in total. The van der Waals surface area contributed by atoms with Crippen LogP contribution in [0.15, 0.2) is 6.20 Å². The van der Waals surface area contributed by atoms with Crippen molar-refractivity contribution >= 4 is 17.8 Å². The zero-order chi connectivity index (χ0) is 14.4. The highest BCUT2D eigenvalue weighted by Crippen LogP contribution is 2.03. The smallest absolute Gasteiger partial charge is 0.412 e. The highest BCUT2D eigenvalue weighted by Gasteiger charge is 2.17. The maximum Gasteiger partial charge on any atom is 0.412 e. The van der Waals surface area contributed by atoms with Crippen LogP contribution in [-0.4, -0.2) is 64.8 Å². The van der Waals surface area contributed by atoms with Gasteiger partial charge >= 0.3 is 6.09 Å².